The normalized spacial score (nSPS) is 11.2. The van der Waals surface area contributed by atoms with Gasteiger partial charge in [-0.05, 0) is 22.4 Å². The maximum atomic E-state index is 5.64. The summed E-state index contributed by atoms with van der Waals surface area (Å²) in [5, 5.41) is 10.9. The molecule has 0 aliphatic carbocycles. The summed E-state index contributed by atoms with van der Waals surface area (Å²) < 4.78 is 0. The molecule has 0 aromatic carbocycles. The van der Waals surface area contributed by atoms with Crippen molar-refractivity contribution in [2.45, 2.75) is 6.54 Å². The molecule has 0 aliphatic heterocycles. The minimum atomic E-state index is 0.519. The molecule has 1 rings (SSSR count). The molecule has 0 saturated heterocycles. The molecule has 1 aromatic heterocycles. The Balaban J connectivity index is 2.32. The van der Waals surface area contributed by atoms with Gasteiger partial charge in [0.15, 0.2) is 5.96 Å². The first kappa shape index (κ1) is 12.1. The van der Waals surface area contributed by atoms with E-state index in [-0.39, 0.29) is 0 Å². The smallest absolute Gasteiger partial charge is 0.191 e. The molecule has 3 nitrogen and oxygen atoms in total. The van der Waals surface area contributed by atoms with Crippen molar-refractivity contribution in [2.24, 2.45) is 4.99 Å². The molecule has 0 bridgehead atoms. The lowest BCUT2D eigenvalue weighted by atomic mass is 10.3. The van der Waals surface area contributed by atoms with Crippen LogP contribution in [0.4, 0.5) is 0 Å². The summed E-state index contributed by atoms with van der Waals surface area (Å²) in [6, 6.07) is 2.07. The van der Waals surface area contributed by atoms with Gasteiger partial charge in [-0.25, -0.2) is 0 Å². The molecule has 2 N–H and O–H groups in total. The van der Waals surface area contributed by atoms with Crippen LogP contribution in [0.2, 0.25) is 0 Å². The third-order valence-electron chi connectivity index (χ3n) is 1.71. The van der Waals surface area contributed by atoms with Crippen LogP contribution in [0.25, 0.3) is 0 Å². The summed E-state index contributed by atoms with van der Waals surface area (Å²) >= 11 is 7.32. The lowest BCUT2D eigenvalue weighted by molar-refractivity contribution is 0.847. The summed E-state index contributed by atoms with van der Waals surface area (Å²) in [6.45, 7) is 4.87. The van der Waals surface area contributed by atoms with Crippen molar-refractivity contribution in [2.75, 3.05) is 13.6 Å². The number of aliphatic imine (C=N–C) groups is 1. The van der Waals surface area contributed by atoms with E-state index in [4.69, 9.17) is 11.6 Å². The summed E-state index contributed by atoms with van der Waals surface area (Å²) in [4.78, 5) is 4.06. The van der Waals surface area contributed by atoms with Gasteiger partial charge in [0.25, 0.3) is 0 Å². The number of hydrogen-bond acceptors (Lipinski definition) is 2. The Morgan fingerprint density at radius 3 is 2.93 bits per heavy atom. The van der Waals surface area contributed by atoms with Crippen LogP contribution in [0.5, 0.6) is 0 Å². The van der Waals surface area contributed by atoms with E-state index in [9.17, 15) is 0 Å². The second kappa shape index (κ2) is 6.48. The van der Waals surface area contributed by atoms with E-state index < -0.39 is 0 Å². The highest BCUT2D eigenvalue weighted by Gasteiger charge is 1.98. The predicted octanol–water partition coefficient (Wildman–Crippen LogP) is 2.17. The zero-order chi connectivity index (χ0) is 11.1. The topological polar surface area (TPSA) is 36.4 Å². The number of nitrogens with one attached hydrogen (secondary N) is 2. The van der Waals surface area contributed by atoms with Crippen LogP contribution in [-0.2, 0) is 6.54 Å². The average Bonchev–Trinajstić information content (AvgIpc) is 2.70. The van der Waals surface area contributed by atoms with Gasteiger partial charge < -0.3 is 10.6 Å². The Bertz CT molecular complexity index is 332. The number of hydrogen-bond donors (Lipinski definition) is 2. The zero-order valence-corrected chi connectivity index (χ0v) is 10.2. The fourth-order valence-corrected chi connectivity index (χ4v) is 1.71. The zero-order valence-electron chi connectivity index (χ0n) is 8.59. The summed E-state index contributed by atoms with van der Waals surface area (Å²) in [7, 11) is 1.72. The van der Waals surface area contributed by atoms with Crippen molar-refractivity contribution >= 4 is 28.9 Å². The van der Waals surface area contributed by atoms with Crippen molar-refractivity contribution in [1.29, 1.82) is 0 Å². The molecule has 1 heterocycles. The Morgan fingerprint density at radius 1 is 1.60 bits per heavy atom. The first-order chi connectivity index (χ1) is 7.22. The van der Waals surface area contributed by atoms with Crippen molar-refractivity contribution < 1.29 is 0 Å². The monoisotopic (exact) mass is 243 g/mol. The van der Waals surface area contributed by atoms with Crippen LogP contribution in [0, 0.1) is 0 Å². The molecule has 82 valence electrons. The van der Waals surface area contributed by atoms with Gasteiger partial charge in [-0.2, -0.15) is 11.3 Å². The Kier molecular flexibility index (Phi) is 5.21. The van der Waals surface area contributed by atoms with Crippen LogP contribution in [0.15, 0.2) is 33.4 Å². The van der Waals surface area contributed by atoms with Gasteiger partial charge in [-0.15, -0.1) is 0 Å². The van der Waals surface area contributed by atoms with Crippen molar-refractivity contribution in [3.8, 4) is 0 Å². The van der Waals surface area contributed by atoms with E-state index in [2.05, 4.69) is 33.7 Å². The molecule has 0 fully saturated rings. The van der Waals surface area contributed by atoms with Crippen LogP contribution >= 0.6 is 22.9 Å². The molecule has 0 saturated carbocycles. The molecule has 0 spiro atoms. The average molecular weight is 244 g/mol. The van der Waals surface area contributed by atoms with Crippen LogP contribution in [-0.4, -0.2) is 19.6 Å². The summed E-state index contributed by atoms with van der Waals surface area (Å²) in [5.41, 5.74) is 1.24. The Morgan fingerprint density at radius 2 is 2.40 bits per heavy atom. The molecule has 0 aliphatic rings. The van der Waals surface area contributed by atoms with Crippen molar-refractivity contribution in [1.82, 2.24) is 10.6 Å². The summed E-state index contributed by atoms with van der Waals surface area (Å²) in [5.74, 6) is 0.725. The van der Waals surface area contributed by atoms with Gasteiger partial charge in [0.1, 0.15) is 0 Å². The lowest BCUT2D eigenvalue weighted by Gasteiger charge is -2.10. The number of halogens is 1. The highest BCUT2D eigenvalue weighted by Crippen LogP contribution is 2.04. The second-order valence-electron chi connectivity index (χ2n) is 2.93. The fraction of sp³-hybridized carbons (Fsp3) is 0.300. The Labute approximate surface area is 98.9 Å². The highest BCUT2D eigenvalue weighted by molar-refractivity contribution is 7.07. The van der Waals surface area contributed by atoms with E-state index in [1.165, 1.54) is 5.56 Å². The molecule has 1 aromatic rings. The van der Waals surface area contributed by atoms with Gasteiger partial charge in [0.2, 0.25) is 0 Å². The minimum Gasteiger partial charge on any atom is -0.352 e. The van der Waals surface area contributed by atoms with E-state index >= 15 is 0 Å². The van der Waals surface area contributed by atoms with Crippen LogP contribution < -0.4 is 10.6 Å². The molecular weight excluding hydrogens is 230 g/mol. The number of guanidine groups is 1. The number of thiophene rings is 1. The first-order valence-corrected chi connectivity index (χ1v) is 5.83. The largest absolute Gasteiger partial charge is 0.352 e. The number of rotatable bonds is 4. The van der Waals surface area contributed by atoms with Gasteiger partial charge >= 0.3 is 0 Å². The third-order valence-corrected chi connectivity index (χ3v) is 2.58. The predicted molar refractivity (Wildman–Crippen MR) is 67.5 cm³/mol. The Hall–Kier alpha value is -1.000. The highest BCUT2D eigenvalue weighted by atomic mass is 35.5. The molecule has 0 amide bonds. The molecular formula is C10H14ClN3S. The maximum absolute atomic E-state index is 5.64. The lowest BCUT2D eigenvalue weighted by Crippen LogP contribution is -2.37. The van der Waals surface area contributed by atoms with Crippen LogP contribution in [0.3, 0.4) is 0 Å². The minimum absolute atomic E-state index is 0.519. The van der Waals surface area contributed by atoms with E-state index in [1.54, 1.807) is 18.4 Å². The molecule has 0 atom stereocenters. The molecule has 0 unspecified atom stereocenters. The van der Waals surface area contributed by atoms with Crippen molar-refractivity contribution in [3.05, 3.63) is 34.0 Å². The van der Waals surface area contributed by atoms with E-state index in [1.807, 2.05) is 5.38 Å². The van der Waals surface area contributed by atoms with Gasteiger partial charge in [-0.3, -0.25) is 4.99 Å². The summed E-state index contributed by atoms with van der Waals surface area (Å²) in [6.07, 6.45) is 0. The molecule has 0 radical (unpaired) electrons. The quantitative estimate of drug-likeness (QED) is 0.628. The molecule has 15 heavy (non-hydrogen) atoms. The van der Waals surface area contributed by atoms with Gasteiger partial charge in [-0.1, -0.05) is 18.2 Å². The standard InChI is InChI=1S/C10H14ClN3S/c1-8(11)5-13-10(12-2)14-6-9-3-4-15-7-9/h3-4,7H,1,5-6H2,2H3,(H2,12,13,14). The second-order valence-corrected chi connectivity index (χ2v) is 4.24. The molecule has 5 heteroatoms. The first-order valence-electron chi connectivity index (χ1n) is 4.51. The van der Waals surface area contributed by atoms with Gasteiger partial charge in [0, 0.05) is 18.6 Å². The number of nitrogens with zero attached hydrogens (tertiary/aromatic N) is 1. The van der Waals surface area contributed by atoms with E-state index in [0.29, 0.717) is 11.6 Å². The third kappa shape index (κ3) is 4.85. The van der Waals surface area contributed by atoms with Gasteiger partial charge in [0.05, 0.1) is 6.54 Å². The fourth-order valence-electron chi connectivity index (χ4n) is 0.979. The SMILES string of the molecule is C=C(Cl)CNC(=NC)NCc1ccsc1. The van der Waals surface area contributed by atoms with E-state index in [0.717, 1.165) is 12.5 Å². The van der Waals surface area contributed by atoms with Crippen LogP contribution in [0.1, 0.15) is 5.56 Å². The maximum Gasteiger partial charge on any atom is 0.191 e. The van der Waals surface area contributed by atoms with Crippen molar-refractivity contribution in [3.63, 3.8) is 0 Å².